The Labute approximate surface area is 54.4 Å². The molecular formula is C6H10NO2. The highest BCUT2D eigenvalue weighted by molar-refractivity contribution is 5.81. The van der Waals surface area contributed by atoms with Crippen LogP contribution in [-0.4, -0.2) is 18.7 Å². The first kappa shape index (κ1) is 8.14. The zero-order valence-corrected chi connectivity index (χ0v) is 5.44. The molecule has 0 aliphatic heterocycles. The summed E-state index contributed by atoms with van der Waals surface area (Å²) in [6.07, 6.45) is 2.81. The third-order valence-electron chi connectivity index (χ3n) is 0.887. The molecule has 3 nitrogen and oxygen atoms in total. The van der Waals surface area contributed by atoms with Crippen LogP contribution in [0, 0.1) is 0 Å². The van der Waals surface area contributed by atoms with Crippen LogP contribution < -0.4 is 5.32 Å². The van der Waals surface area contributed by atoms with Crippen LogP contribution in [0.2, 0.25) is 0 Å². The van der Waals surface area contributed by atoms with Crippen molar-refractivity contribution in [3.63, 3.8) is 0 Å². The van der Waals surface area contributed by atoms with Crippen molar-refractivity contribution >= 4 is 12.2 Å². The largest absolute Gasteiger partial charge is 0.341 e. The predicted octanol–water partition coefficient (Wildman–Crippen LogP) is 0.0124. The highest BCUT2D eigenvalue weighted by atomic mass is 16.1. The monoisotopic (exact) mass is 128 g/mol. The maximum atomic E-state index is 10.6. The summed E-state index contributed by atoms with van der Waals surface area (Å²) in [4.78, 5) is 20.1. The van der Waals surface area contributed by atoms with Gasteiger partial charge in [-0.15, -0.1) is 0 Å². The number of hydrogen-bond donors (Lipinski definition) is 1. The number of carbonyl (C=O) groups excluding carboxylic acids is 2. The number of rotatable bonds is 5. The fourth-order valence-electron chi connectivity index (χ4n) is 0.502. The standard InChI is InChI=1S/C6H10NO2/c1-2-3-6(9)4-7-5-8/h2-4H2,1H3,(H,7,8). The lowest BCUT2D eigenvalue weighted by Crippen LogP contribution is -2.20. The van der Waals surface area contributed by atoms with E-state index >= 15 is 0 Å². The summed E-state index contributed by atoms with van der Waals surface area (Å²) in [6, 6.07) is 0. The first-order chi connectivity index (χ1) is 4.31. The van der Waals surface area contributed by atoms with Crippen molar-refractivity contribution in [2.75, 3.05) is 6.54 Å². The third kappa shape index (κ3) is 5.00. The molecule has 3 heteroatoms. The number of ketones is 1. The van der Waals surface area contributed by atoms with Crippen molar-refractivity contribution in [3.8, 4) is 0 Å². The first-order valence-electron chi connectivity index (χ1n) is 2.93. The van der Waals surface area contributed by atoms with E-state index in [0.29, 0.717) is 6.42 Å². The summed E-state index contributed by atoms with van der Waals surface area (Å²) >= 11 is 0. The molecule has 51 valence electrons. The molecule has 0 unspecified atom stereocenters. The molecule has 0 saturated heterocycles. The van der Waals surface area contributed by atoms with Gasteiger partial charge in [-0.3, -0.25) is 9.59 Å². The maximum absolute atomic E-state index is 10.6. The highest BCUT2D eigenvalue weighted by Gasteiger charge is 1.96. The minimum atomic E-state index is 0.0563. The van der Waals surface area contributed by atoms with Gasteiger partial charge in [-0.2, -0.15) is 0 Å². The Balaban J connectivity index is 3.16. The van der Waals surface area contributed by atoms with Crippen molar-refractivity contribution in [2.45, 2.75) is 19.8 Å². The van der Waals surface area contributed by atoms with Crippen LogP contribution in [0.1, 0.15) is 19.8 Å². The Bertz CT molecular complexity index is 101. The number of amides is 1. The van der Waals surface area contributed by atoms with Crippen molar-refractivity contribution < 1.29 is 9.59 Å². The van der Waals surface area contributed by atoms with E-state index in [1.54, 1.807) is 0 Å². The lowest BCUT2D eigenvalue weighted by Gasteiger charge is -1.93. The summed E-state index contributed by atoms with van der Waals surface area (Å²) < 4.78 is 0. The number of nitrogens with one attached hydrogen (secondary N) is 1. The molecule has 0 aromatic carbocycles. The van der Waals surface area contributed by atoms with Crippen molar-refractivity contribution in [1.29, 1.82) is 0 Å². The van der Waals surface area contributed by atoms with Gasteiger partial charge in [-0.25, -0.2) is 0 Å². The van der Waals surface area contributed by atoms with E-state index in [0.717, 1.165) is 6.42 Å². The van der Waals surface area contributed by atoms with E-state index < -0.39 is 0 Å². The van der Waals surface area contributed by atoms with Gasteiger partial charge < -0.3 is 5.32 Å². The van der Waals surface area contributed by atoms with Crippen LogP contribution in [0.5, 0.6) is 0 Å². The molecule has 1 amide bonds. The van der Waals surface area contributed by atoms with E-state index in [2.05, 4.69) is 5.32 Å². The van der Waals surface area contributed by atoms with Crippen LogP contribution in [-0.2, 0) is 9.59 Å². The molecule has 0 rings (SSSR count). The van der Waals surface area contributed by atoms with Crippen LogP contribution in [0.3, 0.4) is 0 Å². The lowest BCUT2D eigenvalue weighted by atomic mass is 10.2. The summed E-state index contributed by atoms with van der Waals surface area (Å²) in [5.74, 6) is 0.0563. The molecule has 0 saturated carbocycles. The molecule has 0 atom stereocenters. The smallest absolute Gasteiger partial charge is 0.309 e. The molecule has 0 fully saturated rings. The number of carbonyl (C=O) groups is 1. The minimum Gasteiger partial charge on any atom is -0.341 e. The van der Waals surface area contributed by atoms with Crippen molar-refractivity contribution in [1.82, 2.24) is 5.32 Å². The third-order valence-corrected chi connectivity index (χ3v) is 0.887. The number of hydrogen-bond acceptors (Lipinski definition) is 2. The fourth-order valence-corrected chi connectivity index (χ4v) is 0.502. The van der Waals surface area contributed by atoms with Crippen LogP contribution in [0.4, 0.5) is 0 Å². The molecule has 0 spiro atoms. The Kier molecular flexibility index (Phi) is 4.78. The lowest BCUT2D eigenvalue weighted by molar-refractivity contribution is -0.118. The van der Waals surface area contributed by atoms with E-state index in [4.69, 9.17) is 0 Å². The zero-order chi connectivity index (χ0) is 7.11. The predicted molar refractivity (Wildman–Crippen MR) is 33.6 cm³/mol. The van der Waals surface area contributed by atoms with Crippen LogP contribution in [0.25, 0.3) is 0 Å². The van der Waals surface area contributed by atoms with Gasteiger partial charge in [0.2, 0.25) is 0 Å². The molecular weight excluding hydrogens is 118 g/mol. The normalized spacial score (nSPS) is 8.56. The molecule has 0 aliphatic rings. The highest BCUT2D eigenvalue weighted by Crippen LogP contribution is 1.85. The van der Waals surface area contributed by atoms with Gasteiger partial charge in [0.25, 0.3) is 0 Å². The van der Waals surface area contributed by atoms with Crippen LogP contribution >= 0.6 is 0 Å². The quantitative estimate of drug-likeness (QED) is 0.530. The zero-order valence-electron chi connectivity index (χ0n) is 5.44. The summed E-state index contributed by atoms with van der Waals surface area (Å²) in [6.45, 7) is 2.04. The molecule has 1 radical (unpaired) electrons. The Morgan fingerprint density at radius 2 is 2.33 bits per heavy atom. The fraction of sp³-hybridized carbons (Fsp3) is 0.667. The topological polar surface area (TPSA) is 46.2 Å². The minimum absolute atomic E-state index is 0.0563. The van der Waals surface area contributed by atoms with Gasteiger partial charge in [0, 0.05) is 6.42 Å². The molecule has 0 heterocycles. The van der Waals surface area contributed by atoms with Gasteiger partial charge >= 0.3 is 6.41 Å². The molecule has 9 heavy (non-hydrogen) atoms. The van der Waals surface area contributed by atoms with Gasteiger partial charge in [-0.1, -0.05) is 6.92 Å². The van der Waals surface area contributed by atoms with Gasteiger partial charge in [0.05, 0.1) is 6.54 Å². The Hall–Kier alpha value is -0.860. The molecule has 1 N–H and O–H groups in total. The molecule has 0 aliphatic carbocycles. The van der Waals surface area contributed by atoms with Gasteiger partial charge in [0.1, 0.15) is 0 Å². The average molecular weight is 128 g/mol. The van der Waals surface area contributed by atoms with Crippen LogP contribution in [0.15, 0.2) is 0 Å². The maximum Gasteiger partial charge on any atom is 0.309 e. The second-order valence-electron chi connectivity index (χ2n) is 1.74. The van der Waals surface area contributed by atoms with E-state index in [1.165, 1.54) is 6.41 Å². The van der Waals surface area contributed by atoms with Gasteiger partial charge in [-0.05, 0) is 6.42 Å². The van der Waals surface area contributed by atoms with Crippen molar-refractivity contribution in [3.05, 3.63) is 0 Å². The SMILES string of the molecule is CCCC(=O)CN[C]=O. The Morgan fingerprint density at radius 1 is 1.67 bits per heavy atom. The Morgan fingerprint density at radius 3 is 2.78 bits per heavy atom. The summed E-state index contributed by atoms with van der Waals surface area (Å²) in [7, 11) is 0. The first-order valence-corrected chi connectivity index (χ1v) is 2.93. The second kappa shape index (κ2) is 5.28. The molecule has 0 aromatic heterocycles. The van der Waals surface area contributed by atoms with E-state index in [9.17, 15) is 9.59 Å². The van der Waals surface area contributed by atoms with E-state index in [1.807, 2.05) is 6.92 Å². The van der Waals surface area contributed by atoms with Gasteiger partial charge in [0.15, 0.2) is 5.78 Å². The average Bonchev–Trinajstić information content (AvgIpc) is 1.85. The molecule has 0 aromatic rings. The summed E-state index contributed by atoms with van der Waals surface area (Å²) in [5, 5.41) is 2.18. The van der Waals surface area contributed by atoms with E-state index in [-0.39, 0.29) is 12.3 Å². The molecule has 0 bridgehead atoms. The number of Topliss-reactive ketones (excluding diaryl/α,β-unsaturated/α-hetero) is 1. The summed E-state index contributed by atoms with van der Waals surface area (Å²) in [5.41, 5.74) is 0. The second-order valence-corrected chi connectivity index (χ2v) is 1.74. The van der Waals surface area contributed by atoms with Crippen molar-refractivity contribution in [2.24, 2.45) is 0 Å².